The Hall–Kier alpha value is -3.85. The number of nitrogens with one attached hydrogen (secondary N) is 2. The van der Waals surface area contributed by atoms with Crippen molar-refractivity contribution in [2.24, 2.45) is 5.18 Å². The van der Waals surface area contributed by atoms with Crippen LogP contribution >= 0.6 is 0 Å². The number of fused-ring (bicyclic) bond motifs is 2. The number of ether oxygens (including phenoxy) is 1. The summed E-state index contributed by atoms with van der Waals surface area (Å²) in [6.45, 7) is 0.560. The molecule has 4 N–H and O–H groups in total. The number of aromatic nitrogens is 2. The zero-order valence-corrected chi connectivity index (χ0v) is 18.3. The van der Waals surface area contributed by atoms with E-state index < -0.39 is 0 Å². The molecule has 0 radical (unpaired) electrons. The third-order valence-electron chi connectivity index (χ3n) is 5.92. The fourth-order valence-corrected chi connectivity index (χ4v) is 4.29. The molecule has 0 aliphatic carbocycles. The Labute approximate surface area is 189 Å². The number of aryl methyl sites for hydroxylation is 1. The summed E-state index contributed by atoms with van der Waals surface area (Å²) in [5.41, 5.74) is 4.45. The maximum Gasteiger partial charge on any atom is 0.243 e. The summed E-state index contributed by atoms with van der Waals surface area (Å²) in [5.74, 6) is 0.301. The maximum atomic E-state index is 11.8. The molecular weight excluding hydrogens is 424 g/mol. The highest BCUT2D eigenvalue weighted by molar-refractivity contribution is 6.08. The van der Waals surface area contributed by atoms with Crippen LogP contribution in [-0.2, 0) is 11.3 Å². The van der Waals surface area contributed by atoms with Crippen molar-refractivity contribution in [3.8, 4) is 22.9 Å². The van der Waals surface area contributed by atoms with Crippen LogP contribution in [0.15, 0.2) is 47.6 Å². The van der Waals surface area contributed by atoms with E-state index in [9.17, 15) is 14.8 Å². The van der Waals surface area contributed by atoms with Crippen LogP contribution < -0.4 is 10.2 Å². The first-order chi connectivity index (χ1) is 16.1. The zero-order valence-electron chi connectivity index (χ0n) is 18.3. The van der Waals surface area contributed by atoms with Crippen molar-refractivity contribution in [1.29, 1.82) is 0 Å². The van der Waals surface area contributed by atoms with Crippen LogP contribution in [0.5, 0.6) is 11.6 Å². The van der Waals surface area contributed by atoms with E-state index in [0.717, 1.165) is 35.7 Å². The number of hydrogen-bond donors (Lipinski definition) is 4. The summed E-state index contributed by atoms with van der Waals surface area (Å²) in [5, 5.41) is 24.5. The molecule has 0 aliphatic heterocycles. The molecular formula is C24H26N4O5. The molecule has 9 nitrogen and oxygen atoms in total. The Kier molecular flexibility index (Phi) is 6.60. The van der Waals surface area contributed by atoms with Gasteiger partial charge in [-0.1, -0.05) is 31.0 Å². The standard InChI is InChI=1S/C24H26N4O5/c1-33-15-11-12-19-17(14-15)21(23-22(27-32)16-8-5-6-9-18(16)25-23)24(30)28(19)13-7-3-2-4-10-20(29)26-31/h5-6,8-9,11-12,14,25,30-31H,2-4,7,10,13H2,1H3,(H,26,29). The summed E-state index contributed by atoms with van der Waals surface area (Å²) in [6, 6.07) is 13.0. The van der Waals surface area contributed by atoms with E-state index in [1.54, 1.807) is 12.6 Å². The largest absolute Gasteiger partial charge is 0.497 e. The molecule has 172 valence electrons. The molecule has 0 atom stereocenters. The lowest BCUT2D eigenvalue weighted by molar-refractivity contribution is -0.129. The minimum atomic E-state index is -0.388. The van der Waals surface area contributed by atoms with Gasteiger partial charge in [0.2, 0.25) is 11.8 Å². The number of hydrogen-bond acceptors (Lipinski definition) is 6. The number of amides is 1. The van der Waals surface area contributed by atoms with Crippen LogP contribution in [0.1, 0.15) is 32.1 Å². The topological polar surface area (TPSA) is 129 Å². The second-order valence-electron chi connectivity index (χ2n) is 7.92. The fraction of sp³-hybridized carbons (Fsp3) is 0.292. The van der Waals surface area contributed by atoms with Crippen LogP contribution in [-0.4, -0.2) is 32.9 Å². The van der Waals surface area contributed by atoms with Gasteiger partial charge in [-0.05, 0) is 42.3 Å². The van der Waals surface area contributed by atoms with Crippen LogP contribution in [0.25, 0.3) is 33.1 Å². The highest BCUT2D eigenvalue weighted by Crippen LogP contribution is 2.46. The number of H-pyrrole nitrogens is 1. The molecule has 9 heteroatoms. The average Bonchev–Trinajstić information content (AvgIpc) is 3.34. The van der Waals surface area contributed by atoms with Crippen molar-refractivity contribution in [3.05, 3.63) is 47.4 Å². The van der Waals surface area contributed by atoms with E-state index in [4.69, 9.17) is 9.94 Å². The van der Waals surface area contributed by atoms with Crippen molar-refractivity contribution in [2.45, 2.75) is 38.6 Å². The number of benzene rings is 2. The minimum Gasteiger partial charge on any atom is -0.497 e. The van der Waals surface area contributed by atoms with Gasteiger partial charge in [0.25, 0.3) is 0 Å². The Morgan fingerprint density at radius 2 is 1.91 bits per heavy atom. The van der Waals surface area contributed by atoms with Crippen LogP contribution in [0.3, 0.4) is 0 Å². The number of unbranched alkanes of at least 4 members (excludes halogenated alkanes) is 3. The normalized spacial score (nSPS) is 11.2. The van der Waals surface area contributed by atoms with Crippen molar-refractivity contribution in [2.75, 3.05) is 7.11 Å². The summed E-state index contributed by atoms with van der Waals surface area (Å²) in [6.07, 6.45) is 3.43. The van der Waals surface area contributed by atoms with Gasteiger partial charge in [-0.25, -0.2) is 5.48 Å². The summed E-state index contributed by atoms with van der Waals surface area (Å²) >= 11 is 0. The molecule has 2 aromatic carbocycles. The van der Waals surface area contributed by atoms with Gasteiger partial charge >= 0.3 is 0 Å². The van der Waals surface area contributed by atoms with Gasteiger partial charge in [-0.2, -0.15) is 0 Å². The summed E-state index contributed by atoms with van der Waals surface area (Å²) in [7, 11) is 1.58. The van der Waals surface area contributed by atoms with Gasteiger partial charge in [0, 0.05) is 29.3 Å². The van der Waals surface area contributed by atoms with Gasteiger partial charge in [0.05, 0.1) is 23.9 Å². The molecule has 2 heterocycles. The number of aromatic hydroxyl groups is 1. The van der Waals surface area contributed by atoms with Crippen LogP contribution in [0, 0.1) is 4.91 Å². The predicted molar refractivity (Wildman–Crippen MR) is 126 cm³/mol. The maximum absolute atomic E-state index is 11.8. The number of nitrogens with zero attached hydrogens (tertiary/aromatic N) is 2. The number of methoxy groups -OCH3 is 1. The molecule has 0 fully saturated rings. The molecule has 2 aromatic heterocycles. The van der Waals surface area contributed by atoms with Crippen molar-refractivity contribution in [1.82, 2.24) is 15.0 Å². The average molecular weight is 450 g/mol. The predicted octanol–water partition coefficient (Wildman–Crippen LogP) is 5.36. The highest BCUT2D eigenvalue weighted by atomic mass is 16.5. The molecule has 1 amide bonds. The lowest BCUT2D eigenvalue weighted by Crippen LogP contribution is -2.17. The number of rotatable bonds is 10. The lowest BCUT2D eigenvalue weighted by atomic mass is 10.1. The number of para-hydroxylation sites is 1. The first-order valence-electron chi connectivity index (χ1n) is 10.9. The first kappa shape index (κ1) is 22.3. The summed E-state index contributed by atoms with van der Waals surface area (Å²) in [4.78, 5) is 26.1. The number of carbonyl (C=O) groups excluding carboxylic acids is 1. The molecule has 0 saturated carbocycles. The molecule has 0 saturated heterocycles. The SMILES string of the molecule is COc1ccc2c(c1)c(-c1[nH]c3ccccc3c1N=O)c(O)n2CCCCCCC(=O)NO. The minimum absolute atomic E-state index is 0.0503. The van der Waals surface area contributed by atoms with Gasteiger partial charge < -0.3 is 19.4 Å². The quantitative estimate of drug-likeness (QED) is 0.112. The summed E-state index contributed by atoms with van der Waals surface area (Å²) < 4.78 is 7.22. The number of carbonyl (C=O) groups is 1. The van der Waals surface area contributed by atoms with E-state index >= 15 is 0 Å². The number of aromatic amines is 1. The van der Waals surface area contributed by atoms with E-state index in [0.29, 0.717) is 35.4 Å². The number of nitroso groups, excluding NO2 is 1. The highest BCUT2D eigenvalue weighted by Gasteiger charge is 2.24. The van der Waals surface area contributed by atoms with Crippen molar-refractivity contribution >= 4 is 33.4 Å². The van der Waals surface area contributed by atoms with Gasteiger partial charge in [0.15, 0.2) is 0 Å². The van der Waals surface area contributed by atoms with Crippen molar-refractivity contribution in [3.63, 3.8) is 0 Å². The molecule has 0 unspecified atom stereocenters. The molecule has 0 spiro atoms. The molecule has 4 aromatic rings. The Morgan fingerprint density at radius 3 is 2.67 bits per heavy atom. The fourth-order valence-electron chi connectivity index (χ4n) is 4.29. The lowest BCUT2D eigenvalue weighted by Gasteiger charge is -2.08. The number of hydroxylamine groups is 1. The van der Waals surface area contributed by atoms with Gasteiger partial charge in [-0.3, -0.25) is 10.0 Å². The van der Waals surface area contributed by atoms with Crippen molar-refractivity contribution < 1.29 is 19.8 Å². The Morgan fingerprint density at radius 1 is 1.12 bits per heavy atom. The zero-order chi connectivity index (χ0) is 23.4. The van der Waals surface area contributed by atoms with E-state index in [1.807, 2.05) is 47.0 Å². The van der Waals surface area contributed by atoms with Gasteiger partial charge in [-0.15, -0.1) is 4.91 Å². The molecule has 0 bridgehead atoms. The molecule has 33 heavy (non-hydrogen) atoms. The van der Waals surface area contributed by atoms with E-state index in [2.05, 4.69) is 10.2 Å². The molecule has 4 rings (SSSR count). The van der Waals surface area contributed by atoms with Gasteiger partial charge in [0.1, 0.15) is 11.4 Å². The molecule has 0 aliphatic rings. The van der Waals surface area contributed by atoms with Crippen LogP contribution in [0.2, 0.25) is 0 Å². The second kappa shape index (κ2) is 9.74. The monoisotopic (exact) mass is 450 g/mol. The van der Waals surface area contributed by atoms with Crippen LogP contribution in [0.4, 0.5) is 5.69 Å². The Bertz CT molecular complexity index is 1310. The second-order valence-corrected chi connectivity index (χ2v) is 7.92. The van der Waals surface area contributed by atoms with E-state index in [1.165, 1.54) is 0 Å². The first-order valence-corrected chi connectivity index (χ1v) is 10.9. The Balaban J connectivity index is 1.70. The third kappa shape index (κ3) is 4.27. The third-order valence-corrected chi connectivity index (χ3v) is 5.92. The van der Waals surface area contributed by atoms with E-state index in [-0.39, 0.29) is 23.9 Å². The smallest absolute Gasteiger partial charge is 0.243 e.